The van der Waals surface area contributed by atoms with E-state index in [9.17, 15) is 0 Å². The van der Waals surface area contributed by atoms with Gasteiger partial charge in [-0.3, -0.25) is 4.42 Å². The van der Waals surface area contributed by atoms with Crippen molar-refractivity contribution in [2.75, 3.05) is 6.54 Å². The summed E-state index contributed by atoms with van der Waals surface area (Å²) in [6.45, 7) is 3.03. The van der Waals surface area contributed by atoms with Crippen LogP contribution in [-0.4, -0.2) is 16.1 Å². The maximum absolute atomic E-state index is 5.79. The zero-order valence-electron chi connectivity index (χ0n) is 11.1. The van der Waals surface area contributed by atoms with Gasteiger partial charge in [-0.25, -0.2) is 0 Å². The van der Waals surface area contributed by atoms with Crippen molar-refractivity contribution in [2.24, 2.45) is 5.73 Å². The molecule has 0 aromatic rings. The van der Waals surface area contributed by atoms with Crippen LogP contribution in [0, 0.1) is 0 Å². The molecule has 0 amide bonds. The highest BCUT2D eigenvalue weighted by molar-refractivity contribution is 7.80. The molecular formula is C13H27ClN2S. The molecule has 102 valence electrons. The molecule has 0 aliphatic rings. The highest BCUT2D eigenvalue weighted by Crippen LogP contribution is 2.11. The fourth-order valence-electron chi connectivity index (χ4n) is 1.85. The minimum atomic E-state index is 0.280. The van der Waals surface area contributed by atoms with Gasteiger partial charge in [0.2, 0.25) is 0 Å². The molecule has 0 heterocycles. The Morgan fingerprint density at radius 3 is 1.76 bits per heavy atom. The summed E-state index contributed by atoms with van der Waals surface area (Å²) in [7, 11) is 0. The van der Waals surface area contributed by atoms with Crippen LogP contribution in [-0.2, 0) is 0 Å². The topological polar surface area (TPSA) is 29.3 Å². The van der Waals surface area contributed by atoms with Gasteiger partial charge in [-0.1, -0.05) is 64.7 Å². The SMILES string of the molecule is CCCCCCCCCCCCN(Cl)C(N)=S. The average Bonchev–Trinajstić information content (AvgIpc) is 2.31. The normalized spacial score (nSPS) is 10.5. The molecule has 2 N–H and O–H groups in total. The molecule has 0 saturated heterocycles. The fourth-order valence-corrected chi connectivity index (χ4v) is 2.06. The first-order valence-electron chi connectivity index (χ1n) is 6.91. The Hall–Kier alpha value is -0.0200. The van der Waals surface area contributed by atoms with Crippen LogP contribution in [0.25, 0.3) is 0 Å². The summed E-state index contributed by atoms with van der Waals surface area (Å²) in [5.74, 6) is 0. The lowest BCUT2D eigenvalue weighted by Gasteiger charge is -2.12. The van der Waals surface area contributed by atoms with Gasteiger partial charge in [0, 0.05) is 18.3 Å². The first-order chi connectivity index (χ1) is 8.18. The number of nitrogens with two attached hydrogens (primary N) is 1. The van der Waals surface area contributed by atoms with Crippen LogP contribution < -0.4 is 5.73 Å². The Balaban J connectivity index is 3.06. The van der Waals surface area contributed by atoms with Crippen LogP contribution in [0.4, 0.5) is 0 Å². The van der Waals surface area contributed by atoms with Gasteiger partial charge in [0.05, 0.1) is 0 Å². The Bertz CT molecular complexity index is 188. The second-order valence-electron chi connectivity index (χ2n) is 4.61. The van der Waals surface area contributed by atoms with E-state index >= 15 is 0 Å². The monoisotopic (exact) mass is 278 g/mol. The van der Waals surface area contributed by atoms with Crippen molar-refractivity contribution in [3.8, 4) is 0 Å². The van der Waals surface area contributed by atoms with E-state index in [2.05, 4.69) is 6.92 Å². The first-order valence-corrected chi connectivity index (χ1v) is 7.66. The van der Waals surface area contributed by atoms with E-state index in [1.807, 2.05) is 0 Å². The van der Waals surface area contributed by atoms with Crippen LogP contribution in [0.3, 0.4) is 0 Å². The number of nitrogens with zero attached hydrogens (tertiary/aromatic N) is 1. The van der Waals surface area contributed by atoms with Crippen LogP contribution in [0.1, 0.15) is 71.1 Å². The summed E-state index contributed by atoms with van der Waals surface area (Å²) < 4.78 is 1.43. The third kappa shape index (κ3) is 12.2. The lowest BCUT2D eigenvalue weighted by molar-refractivity contribution is 0.531. The molecule has 0 fully saturated rings. The summed E-state index contributed by atoms with van der Waals surface area (Å²) in [5, 5.41) is 0.280. The number of unbranched alkanes of at least 4 members (excludes halogenated alkanes) is 9. The number of thiocarbonyl (C=S) groups is 1. The lowest BCUT2D eigenvalue weighted by atomic mass is 10.1. The van der Waals surface area contributed by atoms with E-state index in [0.717, 1.165) is 13.0 Å². The molecule has 0 atom stereocenters. The Morgan fingerprint density at radius 1 is 0.941 bits per heavy atom. The molecule has 0 saturated carbocycles. The van der Waals surface area contributed by atoms with Gasteiger partial charge in [0.25, 0.3) is 0 Å². The van der Waals surface area contributed by atoms with E-state index in [1.54, 1.807) is 0 Å². The van der Waals surface area contributed by atoms with Crippen molar-refractivity contribution in [2.45, 2.75) is 71.1 Å². The van der Waals surface area contributed by atoms with Gasteiger partial charge in [0.15, 0.2) is 5.11 Å². The highest BCUT2D eigenvalue weighted by Gasteiger charge is 2.00. The Morgan fingerprint density at radius 2 is 1.35 bits per heavy atom. The van der Waals surface area contributed by atoms with E-state index in [-0.39, 0.29) is 5.11 Å². The molecule has 0 radical (unpaired) electrons. The average molecular weight is 279 g/mol. The van der Waals surface area contributed by atoms with E-state index in [0.29, 0.717) is 0 Å². The molecule has 0 aromatic carbocycles. The summed E-state index contributed by atoms with van der Waals surface area (Å²) in [6.07, 6.45) is 13.3. The van der Waals surface area contributed by atoms with Crippen molar-refractivity contribution in [3.05, 3.63) is 0 Å². The molecule has 0 rings (SSSR count). The zero-order valence-corrected chi connectivity index (χ0v) is 12.7. The van der Waals surface area contributed by atoms with Crippen LogP contribution in [0.5, 0.6) is 0 Å². The molecule has 0 bridgehead atoms. The fraction of sp³-hybridized carbons (Fsp3) is 0.923. The summed E-state index contributed by atoms with van der Waals surface area (Å²) in [5.41, 5.74) is 5.38. The number of rotatable bonds is 11. The van der Waals surface area contributed by atoms with Gasteiger partial charge in [-0.15, -0.1) is 0 Å². The Labute approximate surface area is 117 Å². The van der Waals surface area contributed by atoms with Crippen LogP contribution >= 0.6 is 24.0 Å². The maximum atomic E-state index is 5.79. The zero-order chi connectivity index (χ0) is 12.9. The van der Waals surface area contributed by atoms with Crippen molar-refractivity contribution in [3.63, 3.8) is 0 Å². The second-order valence-corrected chi connectivity index (χ2v) is 5.43. The molecule has 0 spiro atoms. The van der Waals surface area contributed by atoms with Crippen molar-refractivity contribution >= 4 is 29.1 Å². The second kappa shape index (κ2) is 12.4. The van der Waals surface area contributed by atoms with Gasteiger partial charge in [0.1, 0.15) is 0 Å². The number of hydrogen-bond acceptors (Lipinski definition) is 1. The van der Waals surface area contributed by atoms with E-state index in [1.165, 1.54) is 62.2 Å². The van der Waals surface area contributed by atoms with Gasteiger partial charge in [-0.05, 0) is 18.6 Å². The predicted octanol–water partition coefficient (Wildman–Crippen LogP) is 4.61. The summed E-state index contributed by atoms with van der Waals surface area (Å²) in [6, 6.07) is 0. The molecule has 17 heavy (non-hydrogen) atoms. The standard InChI is InChI=1S/C13H27ClN2S/c1-2-3-4-5-6-7-8-9-10-11-12-16(14)13(15)17/h2-12H2,1H3,(H2,15,17). The maximum Gasteiger partial charge on any atom is 0.181 e. The smallest absolute Gasteiger partial charge is 0.181 e. The summed E-state index contributed by atoms with van der Waals surface area (Å²) >= 11 is 10.6. The van der Waals surface area contributed by atoms with Crippen molar-refractivity contribution < 1.29 is 0 Å². The summed E-state index contributed by atoms with van der Waals surface area (Å²) in [4.78, 5) is 0. The van der Waals surface area contributed by atoms with Gasteiger partial charge < -0.3 is 5.73 Å². The molecule has 0 aliphatic heterocycles. The molecule has 0 aliphatic carbocycles. The minimum Gasteiger partial charge on any atom is -0.375 e. The van der Waals surface area contributed by atoms with Crippen LogP contribution in [0.15, 0.2) is 0 Å². The largest absolute Gasteiger partial charge is 0.375 e. The lowest BCUT2D eigenvalue weighted by Crippen LogP contribution is -2.27. The minimum absolute atomic E-state index is 0.280. The third-order valence-electron chi connectivity index (χ3n) is 2.95. The van der Waals surface area contributed by atoms with E-state index < -0.39 is 0 Å². The van der Waals surface area contributed by atoms with Crippen molar-refractivity contribution in [1.82, 2.24) is 4.42 Å². The van der Waals surface area contributed by atoms with Gasteiger partial charge >= 0.3 is 0 Å². The number of hydrogen-bond donors (Lipinski definition) is 1. The third-order valence-corrected chi connectivity index (χ3v) is 3.62. The van der Waals surface area contributed by atoms with Gasteiger partial charge in [-0.2, -0.15) is 0 Å². The highest BCUT2D eigenvalue weighted by atomic mass is 35.5. The first kappa shape index (κ1) is 17.0. The predicted molar refractivity (Wildman–Crippen MR) is 81.2 cm³/mol. The quantitative estimate of drug-likeness (QED) is 0.340. The molecule has 0 aromatic heterocycles. The van der Waals surface area contributed by atoms with E-state index in [4.69, 9.17) is 29.7 Å². The number of halogens is 1. The molecule has 2 nitrogen and oxygen atoms in total. The molecule has 4 heteroatoms. The Kier molecular flexibility index (Phi) is 12.4. The van der Waals surface area contributed by atoms with Crippen molar-refractivity contribution in [1.29, 1.82) is 0 Å². The van der Waals surface area contributed by atoms with Crippen LogP contribution in [0.2, 0.25) is 0 Å². The molecule has 0 unspecified atom stereocenters. The molecular weight excluding hydrogens is 252 g/mol.